The number of nitrogens with one attached hydrogen (secondary N) is 2. The number of fused-ring (bicyclic) bond motifs is 1. The van der Waals surface area contributed by atoms with Gasteiger partial charge in [-0.1, -0.05) is 23.9 Å². The normalized spacial score (nSPS) is 15.0. The second kappa shape index (κ2) is 6.99. The smallest absolute Gasteiger partial charge is 0.238 e. The standard InChI is InChI=1S/C19H18FN3O2S/c1-25-14-8-9-15-16(10-14)23-19(22-15)26-17(18(24)21-13-6-7-13)11-2-4-12(20)5-3-11/h2-5,8-10,13,17H,6-7H2,1H3,(H,21,24)(H,22,23)/t17-/m1/s1. The largest absolute Gasteiger partial charge is 0.497 e. The van der Waals surface area contributed by atoms with Gasteiger partial charge in [-0.05, 0) is 42.7 Å². The van der Waals surface area contributed by atoms with E-state index in [9.17, 15) is 9.18 Å². The highest BCUT2D eigenvalue weighted by Gasteiger charge is 2.29. The van der Waals surface area contributed by atoms with Gasteiger partial charge in [0.25, 0.3) is 0 Å². The van der Waals surface area contributed by atoms with Gasteiger partial charge in [-0.25, -0.2) is 9.37 Å². The first-order valence-electron chi connectivity index (χ1n) is 8.38. The van der Waals surface area contributed by atoms with Crippen molar-refractivity contribution < 1.29 is 13.9 Å². The van der Waals surface area contributed by atoms with E-state index in [1.54, 1.807) is 19.2 Å². The number of aromatic nitrogens is 2. The van der Waals surface area contributed by atoms with E-state index in [4.69, 9.17) is 4.74 Å². The number of benzene rings is 2. The van der Waals surface area contributed by atoms with Crippen LogP contribution in [0.1, 0.15) is 23.7 Å². The SMILES string of the molecule is COc1ccc2nc(S[C@@H](C(=O)NC3CC3)c3ccc(F)cc3)[nH]c2c1. The van der Waals surface area contributed by atoms with Crippen LogP contribution in [0.25, 0.3) is 11.0 Å². The zero-order chi connectivity index (χ0) is 18.1. The van der Waals surface area contributed by atoms with Crippen molar-refractivity contribution in [3.63, 3.8) is 0 Å². The van der Waals surface area contributed by atoms with Crippen LogP contribution < -0.4 is 10.1 Å². The number of halogens is 1. The maximum atomic E-state index is 13.3. The van der Waals surface area contributed by atoms with Gasteiger partial charge in [-0.15, -0.1) is 0 Å². The Morgan fingerprint density at radius 1 is 1.31 bits per heavy atom. The second-order valence-corrected chi connectivity index (χ2v) is 7.35. The van der Waals surface area contributed by atoms with Crippen molar-refractivity contribution in [2.45, 2.75) is 29.3 Å². The van der Waals surface area contributed by atoms with E-state index in [2.05, 4.69) is 15.3 Å². The molecule has 134 valence electrons. The van der Waals surface area contributed by atoms with Crippen LogP contribution >= 0.6 is 11.8 Å². The number of carbonyl (C=O) groups is 1. The Balaban J connectivity index is 1.62. The monoisotopic (exact) mass is 371 g/mol. The van der Waals surface area contributed by atoms with E-state index in [1.165, 1.54) is 23.9 Å². The first-order chi connectivity index (χ1) is 12.6. The molecule has 0 radical (unpaired) electrons. The average molecular weight is 371 g/mol. The summed E-state index contributed by atoms with van der Waals surface area (Å²) in [5, 5.41) is 3.16. The van der Waals surface area contributed by atoms with Crippen molar-refractivity contribution in [1.29, 1.82) is 0 Å². The van der Waals surface area contributed by atoms with E-state index in [1.807, 2.05) is 18.2 Å². The van der Waals surface area contributed by atoms with Crippen molar-refractivity contribution in [3.8, 4) is 5.75 Å². The predicted octanol–water partition coefficient (Wildman–Crippen LogP) is 3.82. The number of ether oxygens (including phenoxy) is 1. The fraction of sp³-hybridized carbons (Fsp3) is 0.263. The van der Waals surface area contributed by atoms with Crippen LogP contribution in [0.3, 0.4) is 0 Å². The molecular formula is C19H18FN3O2S. The quantitative estimate of drug-likeness (QED) is 0.647. The summed E-state index contributed by atoms with van der Waals surface area (Å²) >= 11 is 1.32. The number of aromatic amines is 1. The molecule has 7 heteroatoms. The minimum Gasteiger partial charge on any atom is -0.497 e. The number of imidazole rings is 1. The lowest BCUT2D eigenvalue weighted by Crippen LogP contribution is -2.29. The highest BCUT2D eigenvalue weighted by molar-refractivity contribution is 8.00. The summed E-state index contributed by atoms with van der Waals surface area (Å²) < 4.78 is 18.5. The van der Waals surface area contributed by atoms with Crippen LogP contribution in [-0.4, -0.2) is 29.0 Å². The molecule has 2 N–H and O–H groups in total. The van der Waals surface area contributed by atoms with Gasteiger partial charge in [0.2, 0.25) is 5.91 Å². The van der Waals surface area contributed by atoms with Gasteiger partial charge in [-0.2, -0.15) is 0 Å². The van der Waals surface area contributed by atoms with Gasteiger partial charge < -0.3 is 15.0 Å². The molecule has 26 heavy (non-hydrogen) atoms. The Hall–Kier alpha value is -2.54. The molecule has 1 saturated carbocycles. The third-order valence-corrected chi connectivity index (χ3v) is 5.37. The first-order valence-corrected chi connectivity index (χ1v) is 9.26. The van der Waals surface area contributed by atoms with Gasteiger partial charge >= 0.3 is 0 Å². The topological polar surface area (TPSA) is 67.0 Å². The maximum absolute atomic E-state index is 13.3. The number of H-pyrrole nitrogens is 1. The molecule has 0 saturated heterocycles. The Bertz CT molecular complexity index is 938. The van der Waals surface area contributed by atoms with Crippen molar-refractivity contribution >= 4 is 28.7 Å². The zero-order valence-electron chi connectivity index (χ0n) is 14.2. The van der Waals surface area contributed by atoms with Crippen molar-refractivity contribution in [2.75, 3.05) is 7.11 Å². The summed E-state index contributed by atoms with van der Waals surface area (Å²) in [4.78, 5) is 20.5. The van der Waals surface area contributed by atoms with Crippen LogP contribution in [0.2, 0.25) is 0 Å². The van der Waals surface area contributed by atoms with Crippen LogP contribution in [0.4, 0.5) is 4.39 Å². The molecule has 1 atom stereocenters. The number of thioether (sulfide) groups is 1. The number of nitrogens with zero attached hydrogens (tertiary/aromatic N) is 1. The zero-order valence-corrected chi connectivity index (χ0v) is 15.0. The lowest BCUT2D eigenvalue weighted by atomic mass is 10.1. The number of methoxy groups -OCH3 is 1. The summed E-state index contributed by atoms with van der Waals surface area (Å²) in [6.45, 7) is 0. The van der Waals surface area contributed by atoms with Gasteiger partial charge in [0.1, 0.15) is 16.8 Å². The molecular weight excluding hydrogens is 353 g/mol. The number of carbonyl (C=O) groups excluding carboxylic acids is 1. The molecule has 4 rings (SSSR count). The molecule has 1 aromatic heterocycles. The predicted molar refractivity (Wildman–Crippen MR) is 98.8 cm³/mol. The molecule has 2 aromatic carbocycles. The van der Waals surface area contributed by atoms with E-state index < -0.39 is 5.25 Å². The maximum Gasteiger partial charge on any atom is 0.238 e. The van der Waals surface area contributed by atoms with Crippen LogP contribution in [0.15, 0.2) is 47.6 Å². The fourth-order valence-corrected chi connectivity index (χ4v) is 3.69. The molecule has 0 bridgehead atoms. The molecule has 1 aliphatic carbocycles. The lowest BCUT2D eigenvalue weighted by molar-refractivity contribution is -0.120. The van der Waals surface area contributed by atoms with Crippen LogP contribution in [0.5, 0.6) is 5.75 Å². The molecule has 5 nitrogen and oxygen atoms in total. The Morgan fingerprint density at radius 2 is 2.08 bits per heavy atom. The average Bonchev–Trinajstić information content (AvgIpc) is 3.36. The molecule has 1 heterocycles. The van der Waals surface area contributed by atoms with E-state index >= 15 is 0 Å². The third-order valence-electron chi connectivity index (χ3n) is 4.23. The summed E-state index contributed by atoms with van der Waals surface area (Å²) in [5.41, 5.74) is 2.38. The molecule has 0 unspecified atom stereocenters. The number of rotatable bonds is 6. The van der Waals surface area contributed by atoms with E-state index in [0.29, 0.717) is 5.16 Å². The van der Waals surface area contributed by atoms with Crippen LogP contribution in [0, 0.1) is 5.82 Å². The summed E-state index contributed by atoms with van der Waals surface area (Å²) in [7, 11) is 1.61. The number of hydrogen-bond acceptors (Lipinski definition) is 4. The number of amides is 1. The second-order valence-electron chi connectivity index (χ2n) is 6.26. The third kappa shape index (κ3) is 3.67. The highest BCUT2D eigenvalue weighted by atomic mass is 32.2. The summed E-state index contributed by atoms with van der Waals surface area (Å²) in [6, 6.07) is 11.9. The Kier molecular flexibility index (Phi) is 4.55. The molecule has 1 aliphatic rings. The summed E-state index contributed by atoms with van der Waals surface area (Å²) in [5.74, 6) is 0.331. The Morgan fingerprint density at radius 3 is 2.77 bits per heavy atom. The van der Waals surface area contributed by atoms with Crippen LogP contribution in [-0.2, 0) is 4.79 Å². The van der Waals surface area contributed by atoms with Crippen molar-refractivity contribution in [3.05, 3.63) is 53.8 Å². The highest BCUT2D eigenvalue weighted by Crippen LogP contribution is 2.36. The lowest BCUT2D eigenvalue weighted by Gasteiger charge is -2.15. The minimum absolute atomic E-state index is 0.0813. The molecule has 0 aliphatic heterocycles. The van der Waals surface area contributed by atoms with Crippen molar-refractivity contribution in [2.24, 2.45) is 0 Å². The minimum atomic E-state index is -0.501. The molecule has 1 fully saturated rings. The van der Waals surface area contributed by atoms with Crippen molar-refractivity contribution in [1.82, 2.24) is 15.3 Å². The summed E-state index contributed by atoms with van der Waals surface area (Å²) in [6.07, 6.45) is 2.02. The Labute approximate surface area is 154 Å². The van der Waals surface area contributed by atoms with Gasteiger partial charge in [-0.3, -0.25) is 4.79 Å². The molecule has 0 spiro atoms. The van der Waals surface area contributed by atoms with Gasteiger partial charge in [0, 0.05) is 12.1 Å². The van der Waals surface area contributed by atoms with Gasteiger partial charge in [0.05, 0.1) is 18.1 Å². The first kappa shape index (κ1) is 16.9. The van der Waals surface area contributed by atoms with Gasteiger partial charge in [0.15, 0.2) is 5.16 Å². The van der Waals surface area contributed by atoms with E-state index in [0.717, 1.165) is 35.2 Å². The molecule has 3 aromatic rings. The van der Waals surface area contributed by atoms with E-state index in [-0.39, 0.29) is 17.8 Å². The number of hydrogen-bond donors (Lipinski definition) is 2. The molecule has 1 amide bonds. The fourth-order valence-electron chi connectivity index (χ4n) is 2.67.